The molecule has 0 bridgehead atoms. The summed E-state index contributed by atoms with van der Waals surface area (Å²) < 4.78 is 41.6. The molecule has 0 spiro atoms. The first-order chi connectivity index (χ1) is 18.4. The SMILES string of the molecule is CCOc1cc(-c2ccc(N3CC[C@@H](OS(C)(=O)=O)[C@@H](NC(=O)OC(C)(C)C)C3)nc2)c2c(C#N)cnn2c1. The molecule has 1 aliphatic rings. The highest BCUT2D eigenvalue weighted by molar-refractivity contribution is 7.86. The van der Waals surface area contributed by atoms with E-state index in [1.165, 1.54) is 6.20 Å². The first kappa shape index (κ1) is 28.1. The molecule has 2 atom stereocenters. The summed E-state index contributed by atoms with van der Waals surface area (Å²) in [6.45, 7) is 8.33. The quantitative estimate of drug-likeness (QED) is 0.430. The maximum absolute atomic E-state index is 12.5. The van der Waals surface area contributed by atoms with Gasteiger partial charge < -0.3 is 19.7 Å². The van der Waals surface area contributed by atoms with E-state index in [9.17, 15) is 18.5 Å². The van der Waals surface area contributed by atoms with E-state index in [2.05, 4.69) is 21.5 Å². The Morgan fingerprint density at radius 1 is 1.28 bits per heavy atom. The number of hydrogen-bond acceptors (Lipinski definition) is 10. The van der Waals surface area contributed by atoms with Gasteiger partial charge >= 0.3 is 6.09 Å². The Balaban J connectivity index is 1.60. The van der Waals surface area contributed by atoms with E-state index in [-0.39, 0.29) is 6.54 Å². The van der Waals surface area contributed by atoms with Crippen LogP contribution >= 0.6 is 0 Å². The van der Waals surface area contributed by atoms with Crippen LogP contribution < -0.4 is 15.0 Å². The molecule has 208 valence electrons. The Hall–Kier alpha value is -3.89. The zero-order valence-electron chi connectivity index (χ0n) is 22.5. The van der Waals surface area contributed by atoms with Crippen molar-refractivity contribution in [2.24, 2.45) is 0 Å². The third-order valence-electron chi connectivity index (χ3n) is 5.95. The number of aromatic nitrogens is 3. The van der Waals surface area contributed by atoms with Crippen molar-refractivity contribution in [3.63, 3.8) is 0 Å². The smallest absolute Gasteiger partial charge is 0.408 e. The lowest BCUT2D eigenvalue weighted by atomic mass is 10.0. The fourth-order valence-corrected chi connectivity index (χ4v) is 5.13. The van der Waals surface area contributed by atoms with Gasteiger partial charge in [0.2, 0.25) is 0 Å². The van der Waals surface area contributed by atoms with Crippen LogP contribution in [0, 0.1) is 11.3 Å². The van der Waals surface area contributed by atoms with Crippen molar-refractivity contribution in [3.8, 4) is 22.9 Å². The molecule has 1 aliphatic heterocycles. The third-order valence-corrected chi connectivity index (χ3v) is 6.55. The summed E-state index contributed by atoms with van der Waals surface area (Å²) in [5.41, 5.74) is 1.88. The van der Waals surface area contributed by atoms with Crippen molar-refractivity contribution in [1.29, 1.82) is 5.26 Å². The van der Waals surface area contributed by atoms with Crippen LogP contribution in [0.15, 0.2) is 36.8 Å². The molecule has 0 aromatic carbocycles. The van der Waals surface area contributed by atoms with E-state index in [4.69, 9.17) is 13.7 Å². The molecular formula is C26H32N6O6S. The molecule has 4 rings (SSSR count). The van der Waals surface area contributed by atoms with Crippen LogP contribution in [0.5, 0.6) is 5.75 Å². The molecule has 4 heterocycles. The molecule has 1 fully saturated rings. The number of piperidine rings is 1. The Bertz CT molecular complexity index is 1490. The molecule has 39 heavy (non-hydrogen) atoms. The van der Waals surface area contributed by atoms with Crippen LogP contribution in [0.1, 0.15) is 39.7 Å². The number of fused-ring (bicyclic) bond motifs is 1. The molecular weight excluding hydrogens is 524 g/mol. The molecule has 0 radical (unpaired) electrons. The highest BCUT2D eigenvalue weighted by Gasteiger charge is 2.35. The Morgan fingerprint density at radius 3 is 2.67 bits per heavy atom. The lowest BCUT2D eigenvalue weighted by molar-refractivity contribution is 0.0433. The van der Waals surface area contributed by atoms with Crippen LogP contribution in [0.25, 0.3) is 16.6 Å². The van der Waals surface area contributed by atoms with Gasteiger partial charge in [0.15, 0.2) is 0 Å². The van der Waals surface area contributed by atoms with Crippen molar-refractivity contribution in [2.75, 3.05) is 30.9 Å². The van der Waals surface area contributed by atoms with Crippen LogP contribution in [0.4, 0.5) is 10.6 Å². The Labute approximate surface area is 227 Å². The molecule has 0 unspecified atom stereocenters. The number of ether oxygens (including phenoxy) is 2. The summed E-state index contributed by atoms with van der Waals surface area (Å²) >= 11 is 0. The van der Waals surface area contributed by atoms with E-state index in [1.807, 2.05) is 30.0 Å². The number of hydrogen-bond donors (Lipinski definition) is 1. The van der Waals surface area contributed by atoms with Crippen molar-refractivity contribution >= 4 is 27.5 Å². The normalized spacial score (nSPS) is 18.0. The number of pyridine rings is 2. The number of alkyl carbamates (subject to hydrolysis) is 1. The summed E-state index contributed by atoms with van der Waals surface area (Å²) in [4.78, 5) is 19.1. The number of rotatable bonds is 7. The van der Waals surface area contributed by atoms with Gasteiger partial charge in [-0.1, -0.05) is 0 Å². The molecule has 1 saturated heterocycles. The minimum Gasteiger partial charge on any atom is -0.492 e. The van der Waals surface area contributed by atoms with E-state index in [0.29, 0.717) is 42.2 Å². The lowest BCUT2D eigenvalue weighted by Gasteiger charge is -2.38. The first-order valence-corrected chi connectivity index (χ1v) is 14.3. The zero-order chi connectivity index (χ0) is 28.4. The van der Waals surface area contributed by atoms with Crippen molar-refractivity contribution in [2.45, 2.75) is 51.9 Å². The van der Waals surface area contributed by atoms with E-state index >= 15 is 0 Å². The van der Waals surface area contributed by atoms with Crippen LogP contribution in [0.3, 0.4) is 0 Å². The molecule has 1 N–H and O–H groups in total. The number of carbonyl (C=O) groups excluding carboxylic acids is 1. The van der Waals surface area contributed by atoms with Gasteiger partial charge in [-0.2, -0.15) is 18.8 Å². The average molecular weight is 557 g/mol. The zero-order valence-corrected chi connectivity index (χ0v) is 23.4. The number of nitrogens with zero attached hydrogens (tertiary/aromatic N) is 5. The van der Waals surface area contributed by atoms with Gasteiger partial charge in [-0.15, -0.1) is 0 Å². The molecule has 0 aliphatic carbocycles. The van der Waals surface area contributed by atoms with E-state index < -0.39 is 34.0 Å². The van der Waals surface area contributed by atoms with Crippen molar-refractivity contribution in [1.82, 2.24) is 19.9 Å². The maximum atomic E-state index is 12.5. The second kappa shape index (κ2) is 11.1. The fraction of sp³-hybridized carbons (Fsp3) is 0.462. The third kappa shape index (κ3) is 6.96. The predicted molar refractivity (Wildman–Crippen MR) is 144 cm³/mol. The summed E-state index contributed by atoms with van der Waals surface area (Å²) in [5, 5.41) is 16.6. The number of nitrogens with one attached hydrogen (secondary N) is 1. The van der Waals surface area contributed by atoms with Crippen molar-refractivity contribution in [3.05, 3.63) is 42.4 Å². The Morgan fingerprint density at radius 2 is 2.05 bits per heavy atom. The minimum atomic E-state index is -3.74. The summed E-state index contributed by atoms with van der Waals surface area (Å²) in [6, 6.07) is 7.10. The monoisotopic (exact) mass is 556 g/mol. The summed E-state index contributed by atoms with van der Waals surface area (Å²) in [7, 11) is -3.74. The van der Waals surface area contributed by atoms with Gasteiger partial charge in [-0.05, 0) is 52.3 Å². The predicted octanol–water partition coefficient (Wildman–Crippen LogP) is 3.11. The van der Waals surface area contributed by atoms with Crippen LogP contribution in [-0.2, 0) is 19.0 Å². The summed E-state index contributed by atoms with van der Waals surface area (Å²) in [5.74, 6) is 1.25. The van der Waals surface area contributed by atoms with Crippen LogP contribution in [-0.4, -0.2) is 72.8 Å². The molecule has 3 aromatic rings. The lowest BCUT2D eigenvalue weighted by Crippen LogP contribution is -2.57. The van der Waals surface area contributed by atoms with Gasteiger partial charge in [0.05, 0.1) is 42.4 Å². The topological polar surface area (TPSA) is 148 Å². The summed E-state index contributed by atoms with van der Waals surface area (Å²) in [6.07, 6.45) is 4.86. The largest absolute Gasteiger partial charge is 0.492 e. The average Bonchev–Trinajstić information content (AvgIpc) is 3.26. The molecule has 12 nitrogen and oxygen atoms in total. The van der Waals surface area contributed by atoms with Crippen LogP contribution in [0.2, 0.25) is 0 Å². The van der Waals surface area contributed by atoms with E-state index in [0.717, 1.165) is 17.4 Å². The number of nitriles is 1. The number of anilines is 1. The molecule has 3 aromatic heterocycles. The minimum absolute atomic E-state index is 0.261. The van der Waals surface area contributed by atoms with Crippen molar-refractivity contribution < 1.29 is 26.9 Å². The molecule has 0 saturated carbocycles. The molecule has 1 amide bonds. The second-order valence-corrected chi connectivity index (χ2v) is 11.8. The van der Waals surface area contributed by atoms with Gasteiger partial charge in [0.1, 0.15) is 29.3 Å². The highest BCUT2D eigenvalue weighted by atomic mass is 32.2. The van der Waals surface area contributed by atoms with Gasteiger partial charge in [0.25, 0.3) is 10.1 Å². The molecule has 13 heteroatoms. The maximum Gasteiger partial charge on any atom is 0.408 e. The Kier molecular flexibility index (Phi) is 7.99. The number of amides is 1. The number of carbonyl (C=O) groups is 1. The standard InChI is InChI=1S/C26H32N6O6S/c1-6-36-19-11-20(24-18(12-27)14-29-32(24)15-19)17-7-8-23(28-13-17)31-10-9-22(38-39(5,34)35)21(16-31)30-25(33)37-26(2,3)4/h7-8,11,13-15,21-22H,6,9-10,16H2,1-5H3,(H,30,33)/t21-,22+/m0/s1. The van der Waals surface area contributed by atoms with Gasteiger partial charge in [-0.3, -0.25) is 4.18 Å². The first-order valence-electron chi connectivity index (χ1n) is 12.5. The second-order valence-electron chi connectivity index (χ2n) is 10.2. The van der Waals surface area contributed by atoms with E-state index in [1.54, 1.807) is 37.7 Å². The highest BCUT2D eigenvalue weighted by Crippen LogP contribution is 2.32. The van der Waals surface area contributed by atoms with Gasteiger partial charge in [0, 0.05) is 30.4 Å². The van der Waals surface area contributed by atoms with Gasteiger partial charge in [-0.25, -0.2) is 14.3 Å². The fourth-order valence-electron chi connectivity index (χ4n) is 4.45.